The van der Waals surface area contributed by atoms with Crippen molar-refractivity contribution in [3.8, 4) is 5.75 Å². The molecule has 0 fully saturated rings. The Kier molecular flexibility index (Phi) is 6.57. The van der Waals surface area contributed by atoms with Crippen LogP contribution in [0.25, 0.3) is 0 Å². The van der Waals surface area contributed by atoms with E-state index in [4.69, 9.17) is 4.74 Å². The van der Waals surface area contributed by atoms with Gasteiger partial charge in [0.25, 0.3) is 0 Å². The third kappa shape index (κ3) is 5.64. The Labute approximate surface area is 162 Å². The molecule has 0 aliphatic rings. The molecule has 0 bridgehead atoms. The van der Waals surface area contributed by atoms with Crippen LogP contribution in [0.4, 0.5) is 10.1 Å². The zero-order valence-electron chi connectivity index (χ0n) is 15.0. The van der Waals surface area contributed by atoms with Crippen LogP contribution in [0.2, 0.25) is 0 Å². The Morgan fingerprint density at radius 2 is 1.96 bits per heavy atom. The van der Waals surface area contributed by atoms with Gasteiger partial charge in [-0.05, 0) is 35.7 Å². The number of rotatable bonds is 8. The highest BCUT2D eigenvalue weighted by molar-refractivity contribution is 7.09. The van der Waals surface area contributed by atoms with Gasteiger partial charge in [-0.1, -0.05) is 30.3 Å². The number of methoxy groups -OCH3 is 1. The summed E-state index contributed by atoms with van der Waals surface area (Å²) in [5.41, 5.74) is 1.46. The maximum Gasteiger partial charge on any atom is 0.238 e. The second-order valence-electron chi connectivity index (χ2n) is 6.09. The molecule has 1 N–H and O–H groups in total. The number of halogens is 1. The van der Waals surface area contributed by atoms with Gasteiger partial charge in [-0.2, -0.15) is 0 Å². The number of amides is 1. The number of anilines is 1. The molecule has 0 aliphatic carbocycles. The highest BCUT2D eigenvalue weighted by Crippen LogP contribution is 2.21. The van der Waals surface area contributed by atoms with E-state index >= 15 is 0 Å². The third-order valence-electron chi connectivity index (χ3n) is 4.02. The number of nitrogens with zero attached hydrogens (tertiary/aromatic N) is 1. The fourth-order valence-electron chi connectivity index (χ4n) is 2.83. The second kappa shape index (κ2) is 9.30. The quantitative estimate of drug-likeness (QED) is 0.620. The second-order valence-corrected chi connectivity index (χ2v) is 7.13. The van der Waals surface area contributed by atoms with Crippen molar-refractivity contribution in [2.45, 2.75) is 13.1 Å². The van der Waals surface area contributed by atoms with Gasteiger partial charge in [0.15, 0.2) is 0 Å². The van der Waals surface area contributed by atoms with Gasteiger partial charge in [-0.3, -0.25) is 9.69 Å². The molecule has 4 nitrogen and oxygen atoms in total. The van der Waals surface area contributed by atoms with E-state index in [0.717, 1.165) is 11.3 Å². The summed E-state index contributed by atoms with van der Waals surface area (Å²) < 4.78 is 18.8. The summed E-state index contributed by atoms with van der Waals surface area (Å²) >= 11 is 1.65. The predicted octanol–water partition coefficient (Wildman–Crippen LogP) is 4.54. The van der Waals surface area contributed by atoms with Crippen LogP contribution in [0.5, 0.6) is 5.75 Å². The predicted molar refractivity (Wildman–Crippen MR) is 106 cm³/mol. The minimum absolute atomic E-state index is 0.187. The summed E-state index contributed by atoms with van der Waals surface area (Å²) in [7, 11) is 1.64. The first-order valence-electron chi connectivity index (χ1n) is 8.56. The Morgan fingerprint density at radius 1 is 1.11 bits per heavy atom. The van der Waals surface area contributed by atoms with Crippen molar-refractivity contribution in [2.24, 2.45) is 0 Å². The molecule has 0 radical (unpaired) electrons. The van der Waals surface area contributed by atoms with Crippen LogP contribution in [0.3, 0.4) is 0 Å². The van der Waals surface area contributed by atoms with E-state index in [0.29, 0.717) is 18.8 Å². The molecule has 2 aromatic carbocycles. The Hall–Kier alpha value is -2.70. The minimum Gasteiger partial charge on any atom is -0.496 e. The highest BCUT2D eigenvalue weighted by atomic mass is 32.1. The molecule has 27 heavy (non-hydrogen) atoms. The van der Waals surface area contributed by atoms with Crippen molar-refractivity contribution in [1.29, 1.82) is 0 Å². The van der Waals surface area contributed by atoms with E-state index in [2.05, 4.69) is 5.32 Å². The van der Waals surface area contributed by atoms with Crippen molar-refractivity contribution in [3.05, 3.63) is 82.3 Å². The number of carbonyl (C=O) groups is 1. The zero-order chi connectivity index (χ0) is 19.1. The van der Waals surface area contributed by atoms with E-state index in [1.54, 1.807) is 30.6 Å². The van der Waals surface area contributed by atoms with Crippen LogP contribution in [0.15, 0.2) is 66.0 Å². The summed E-state index contributed by atoms with van der Waals surface area (Å²) in [6, 6.07) is 17.7. The first kappa shape index (κ1) is 19.1. The molecule has 1 heterocycles. The number of nitrogens with one attached hydrogen (secondary N) is 1. The SMILES string of the molecule is COc1ccccc1CN(CC(=O)Nc1cccc(F)c1)Cc1cccs1. The fourth-order valence-corrected chi connectivity index (χ4v) is 3.58. The Balaban J connectivity index is 1.72. The van der Waals surface area contributed by atoms with Crippen molar-refractivity contribution < 1.29 is 13.9 Å². The van der Waals surface area contributed by atoms with Crippen LogP contribution in [0.1, 0.15) is 10.4 Å². The molecule has 6 heteroatoms. The average molecular weight is 384 g/mol. The van der Waals surface area contributed by atoms with E-state index in [1.165, 1.54) is 17.0 Å². The minimum atomic E-state index is -0.378. The lowest BCUT2D eigenvalue weighted by Gasteiger charge is -2.22. The van der Waals surface area contributed by atoms with Gasteiger partial charge in [-0.15, -0.1) is 11.3 Å². The van der Waals surface area contributed by atoms with Gasteiger partial charge in [0, 0.05) is 29.2 Å². The molecule has 3 aromatic rings. The largest absolute Gasteiger partial charge is 0.496 e. The van der Waals surface area contributed by atoms with Crippen LogP contribution in [-0.2, 0) is 17.9 Å². The molecule has 0 saturated heterocycles. The van der Waals surface area contributed by atoms with Gasteiger partial charge in [0.05, 0.1) is 13.7 Å². The summed E-state index contributed by atoms with van der Waals surface area (Å²) in [4.78, 5) is 15.7. The average Bonchev–Trinajstić information content (AvgIpc) is 3.15. The molecule has 0 unspecified atom stereocenters. The smallest absolute Gasteiger partial charge is 0.238 e. The lowest BCUT2D eigenvalue weighted by molar-refractivity contribution is -0.117. The van der Waals surface area contributed by atoms with E-state index < -0.39 is 0 Å². The lowest BCUT2D eigenvalue weighted by atomic mass is 10.2. The molecule has 0 aliphatic heterocycles. The molecule has 3 rings (SSSR count). The van der Waals surface area contributed by atoms with Crippen LogP contribution < -0.4 is 10.1 Å². The number of hydrogen-bond donors (Lipinski definition) is 1. The fraction of sp³-hybridized carbons (Fsp3) is 0.190. The lowest BCUT2D eigenvalue weighted by Crippen LogP contribution is -2.32. The maximum atomic E-state index is 13.3. The summed E-state index contributed by atoms with van der Waals surface area (Å²) in [6.45, 7) is 1.40. The summed E-state index contributed by atoms with van der Waals surface area (Å²) in [5, 5.41) is 4.78. The normalized spacial score (nSPS) is 10.8. The van der Waals surface area contributed by atoms with Gasteiger partial charge in [0.1, 0.15) is 11.6 Å². The number of carbonyl (C=O) groups excluding carboxylic acids is 1. The third-order valence-corrected chi connectivity index (χ3v) is 4.88. The van der Waals surface area contributed by atoms with Crippen molar-refractivity contribution in [2.75, 3.05) is 19.0 Å². The number of para-hydroxylation sites is 1. The van der Waals surface area contributed by atoms with E-state index in [1.807, 2.05) is 46.7 Å². The van der Waals surface area contributed by atoms with Crippen molar-refractivity contribution in [3.63, 3.8) is 0 Å². The van der Waals surface area contributed by atoms with Crippen molar-refractivity contribution >= 4 is 22.9 Å². The highest BCUT2D eigenvalue weighted by Gasteiger charge is 2.15. The van der Waals surface area contributed by atoms with Gasteiger partial charge in [0.2, 0.25) is 5.91 Å². The molecule has 140 valence electrons. The molecule has 1 aromatic heterocycles. The van der Waals surface area contributed by atoms with Gasteiger partial charge < -0.3 is 10.1 Å². The summed E-state index contributed by atoms with van der Waals surface area (Å²) in [6.07, 6.45) is 0. The number of hydrogen-bond acceptors (Lipinski definition) is 4. The Bertz CT molecular complexity index is 883. The molecular weight excluding hydrogens is 363 g/mol. The number of benzene rings is 2. The standard InChI is InChI=1S/C21H21FN2O2S/c1-26-20-10-3-2-6-16(20)13-24(14-19-9-5-11-27-19)15-21(25)23-18-8-4-7-17(22)12-18/h2-12H,13-15H2,1H3,(H,23,25). The monoisotopic (exact) mass is 384 g/mol. The number of thiophene rings is 1. The van der Waals surface area contributed by atoms with Crippen molar-refractivity contribution in [1.82, 2.24) is 4.90 Å². The first-order valence-corrected chi connectivity index (χ1v) is 9.44. The maximum absolute atomic E-state index is 13.3. The molecule has 1 amide bonds. The topological polar surface area (TPSA) is 41.6 Å². The summed E-state index contributed by atoms with van der Waals surface area (Å²) in [5.74, 6) is 0.225. The van der Waals surface area contributed by atoms with Crippen LogP contribution in [-0.4, -0.2) is 24.5 Å². The molecule has 0 atom stereocenters. The van der Waals surface area contributed by atoms with Crippen LogP contribution in [0, 0.1) is 5.82 Å². The van der Waals surface area contributed by atoms with Gasteiger partial charge >= 0.3 is 0 Å². The van der Waals surface area contributed by atoms with Gasteiger partial charge in [-0.25, -0.2) is 4.39 Å². The molecular formula is C21H21FN2O2S. The van der Waals surface area contributed by atoms with E-state index in [9.17, 15) is 9.18 Å². The Morgan fingerprint density at radius 3 is 2.70 bits per heavy atom. The van der Waals surface area contributed by atoms with E-state index in [-0.39, 0.29) is 18.3 Å². The number of ether oxygens (including phenoxy) is 1. The molecule has 0 spiro atoms. The van der Waals surface area contributed by atoms with Crippen LogP contribution >= 0.6 is 11.3 Å². The first-order chi connectivity index (χ1) is 13.1. The zero-order valence-corrected chi connectivity index (χ0v) is 15.8. The molecule has 0 saturated carbocycles.